The number of rotatable bonds is 3. The fourth-order valence-corrected chi connectivity index (χ4v) is 3.42. The van der Waals surface area contributed by atoms with Crippen LogP contribution in [-0.2, 0) is 6.54 Å². The third kappa shape index (κ3) is 3.34. The first-order valence-corrected chi connectivity index (χ1v) is 7.62. The summed E-state index contributed by atoms with van der Waals surface area (Å²) in [4.78, 5) is 4.95. The Balaban J connectivity index is 1.50. The Labute approximate surface area is 121 Å². The van der Waals surface area contributed by atoms with Crippen molar-refractivity contribution in [2.45, 2.75) is 12.6 Å². The van der Waals surface area contributed by atoms with Crippen molar-refractivity contribution in [2.75, 3.05) is 39.3 Å². The normalized spacial score (nSPS) is 22.4. The van der Waals surface area contributed by atoms with Crippen LogP contribution in [0.1, 0.15) is 5.56 Å². The molecule has 5 heteroatoms. The van der Waals surface area contributed by atoms with Crippen molar-refractivity contribution in [3.63, 3.8) is 0 Å². The number of piperazine rings is 1. The zero-order valence-electron chi connectivity index (χ0n) is 10.9. The van der Waals surface area contributed by atoms with Gasteiger partial charge in [-0.25, -0.2) is 4.39 Å². The van der Waals surface area contributed by atoms with E-state index in [1.807, 2.05) is 6.07 Å². The quantitative estimate of drug-likeness (QED) is 0.911. The predicted octanol–water partition coefficient (Wildman–Crippen LogP) is 1.68. The monoisotopic (exact) mass is 327 g/mol. The molecule has 0 atom stereocenters. The van der Waals surface area contributed by atoms with E-state index < -0.39 is 0 Å². The molecule has 19 heavy (non-hydrogen) atoms. The van der Waals surface area contributed by atoms with E-state index in [2.05, 4.69) is 31.0 Å². The summed E-state index contributed by atoms with van der Waals surface area (Å²) in [5, 5.41) is 3.38. The van der Waals surface area contributed by atoms with Crippen LogP contribution in [0.4, 0.5) is 4.39 Å². The van der Waals surface area contributed by atoms with Gasteiger partial charge in [-0.1, -0.05) is 15.9 Å². The molecule has 0 radical (unpaired) electrons. The van der Waals surface area contributed by atoms with Crippen molar-refractivity contribution in [1.82, 2.24) is 15.1 Å². The first-order chi connectivity index (χ1) is 9.20. The minimum Gasteiger partial charge on any atom is -0.314 e. The molecule has 0 saturated carbocycles. The summed E-state index contributed by atoms with van der Waals surface area (Å²) in [6.07, 6.45) is 0. The molecule has 1 aromatic carbocycles. The molecule has 2 aliphatic heterocycles. The van der Waals surface area contributed by atoms with Gasteiger partial charge in [0, 0.05) is 56.3 Å². The summed E-state index contributed by atoms with van der Waals surface area (Å²) in [6, 6.07) is 5.83. The van der Waals surface area contributed by atoms with Crippen LogP contribution >= 0.6 is 15.9 Å². The number of likely N-dealkylation sites (tertiary alicyclic amines) is 1. The minimum absolute atomic E-state index is 0.163. The summed E-state index contributed by atoms with van der Waals surface area (Å²) in [6.45, 7) is 7.58. The topological polar surface area (TPSA) is 18.5 Å². The number of hydrogen-bond donors (Lipinski definition) is 1. The largest absolute Gasteiger partial charge is 0.314 e. The first-order valence-electron chi connectivity index (χ1n) is 6.83. The lowest BCUT2D eigenvalue weighted by Crippen LogP contribution is -2.62. The summed E-state index contributed by atoms with van der Waals surface area (Å²) >= 11 is 3.34. The smallest absolute Gasteiger partial charge is 0.124 e. The van der Waals surface area contributed by atoms with Crippen molar-refractivity contribution in [1.29, 1.82) is 0 Å². The molecule has 0 aliphatic carbocycles. The maximum Gasteiger partial charge on any atom is 0.124 e. The predicted molar refractivity (Wildman–Crippen MR) is 77.6 cm³/mol. The second-order valence-electron chi connectivity index (χ2n) is 5.41. The molecule has 1 aromatic rings. The number of nitrogens with one attached hydrogen (secondary N) is 1. The van der Waals surface area contributed by atoms with Crippen LogP contribution < -0.4 is 5.32 Å². The van der Waals surface area contributed by atoms with Crippen molar-refractivity contribution in [3.8, 4) is 0 Å². The van der Waals surface area contributed by atoms with Crippen LogP contribution in [0.2, 0.25) is 0 Å². The van der Waals surface area contributed by atoms with Crippen LogP contribution in [-0.4, -0.2) is 55.1 Å². The molecule has 0 unspecified atom stereocenters. The lowest BCUT2D eigenvalue weighted by molar-refractivity contribution is 0.0222. The molecule has 0 spiro atoms. The van der Waals surface area contributed by atoms with Crippen LogP contribution in [0.25, 0.3) is 0 Å². The van der Waals surface area contributed by atoms with E-state index in [0.29, 0.717) is 6.04 Å². The maximum absolute atomic E-state index is 13.3. The van der Waals surface area contributed by atoms with E-state index in [0.717, 1.165) is 55.8 Å². The van der Waals surface area contributed by atoms with Crippen molar-refractivity contribution >= 4 is 15.9 Å². The third-order valence-electron chi connectivity index (χ3n) is 3.93. The van der Waals surface area contributed by atoms with Crippen LogP contribution in [0.5, 0.6) is 0 Å². The van der Waals surface area contributed by atoms with E-state index in [9.17, 15) is 4.39 Å². The van der Waals surface area contributed by atoms with Crippen LogP contribution in [0.3, 0.4) is 0 Å². The van der Waals surface area contributed by atoms with Gasteiger partial charge in [0.2, 0.25) is 0 Å². The van der Waals surface area contributed by atoms with Crippen molar-refractivity contribution in [3.05, 3.63) is 34.1 Å². The fourth-order valence-electron chi connectivity index (χ4n) is 2.91. The number of benzene rings is 1. The molecule has 2 heterocycles. The molecule has 0 bridgehead atoms. The second-order valence-corrected chi connectivity index (χ2v) is 6.33. The lowest BCUT2D eigenvalue weighted by atomic mass is 10.0. The Morgan fingerprint density at radius 1 is 1.21 bits per heavy atom. The highest BCUT2D eigenvalue weighted by molar-refractivity contribution is 9.10. The number of nitrogens with zero attached hydrogens (tertiary/aromatic N) is 2. The third-order valence-corrected chi connectivity index (χ3v) is 4.39. The van der Waals surface area contributed by atoms with Crippen molar-refractivity contribution < 1.29 is 4.39 Å². The van der Waals surface area contributed by atoms with Gasteiger partial charge in [0.15, 0.2) is 0 Å². The first kappa shape index (κ1) is 13.5. The Kier molecular flexibility index (Phi) is 4.17. The van der Waals surface area contributed by atoms with Gasteiger partial charge in [0.1, 0.15) is 5.82 Å². The van der Waals surface area contributed by atoms with Gasteiger partial charge in [-0.05, 0) is 23.8 Å². The molecule has 1 N–H and O–H groups in total. The van der Waals surface area contributed by atoms with Crippen LogP contribution in [0.15, 0.2) is 22.7 Å². The fraction of sp³-hybridized carbons (Fsp3) is 0.571. The van der Waals surface area contributed by atoms with Gasteiger partial charge in [0.25, 0.3) is 0 Å². The highest BCUT2D eigenvalue weighted by Crippen LogP contribution is 2.21. The Morgan fingerprint density at radius 3 is 2.63 bits per heavy atom. The van der Waals surface area contributed by atoms with Crippen molar-refractivity contribution in [2.24, 2.45) is 0 Å². The number of hydrogen-bond acceptors (Lipinski definition) is 3. The molecular formula is C14H19BrFN3. The molecule has 2 aliphatic rings. The summed E-state index contributed by atoms with van der Waals surface area (Å²) < 4.78 is 14.1. The van der Waals surface area contributed by atoms with E-state index in [4.69, 9.17) is 0 Å². The zero-order valence-corrected chi connectivity index (χ0v) is 12.5. The van der Waals surface area contributed by atoms with E-state index in [-0.39, 0.29) is 5.82 Å². The minimum atomic E-state index is -0.163. The molecule has 0 aromatic heterocycles. The molecule has 0 amide bonds. The highest BCUT2D eigenvalue weighted by Gasteiger charge is 2.31. The van der Waals surface area contributed by atoms with Gasteiger partial charge in [-0.3, -0.25) is 9.80 Å². The van der Waals surface area contributed by atoms with Gasteiger partial charge in [-0.2, -0.15) is 0 Å². The Bertz CT molecular complexity index is 422. The number of halogens is 2. The molecule has 3 nitrogen and oxygen atoms in total. The van der Waals surface area contributed by atoms with E-state index >= 15 is 0 Å². The Hall–Kier alpha value is -0.490. The average Bonchev–Trinajstić information content (AvgIpc) is 2.33. The lowest BCUT2D eigenvalue weighted by Gasteiger charge is -2.46. The summed E-state index contributed by atoms with van der Waals surface area (Å²) in [5.41, 5.74) is 1.05. The standard InChI is InChI=1S/C14H19BrFN3/c15-12-5-11(6-13(16)7-12)8-18-9-14(10-18)19-3-1-17-2-4-19/h5-7,14,17H,1-4,8-10H2. The highest BCUT2D eigenvalue weighted by atomic mass is 79.9. The molecule has 2 saturated heterocycles. The maximum atomic E-state index is 13.3. The summed E-state index contributed by atoms with van der Waals surface area (Å²) in [7, 11) is 0. The van der Waals surface area contributed by atoms with E-state index in [1.54, 1.807) is 6.07 Å². The summed E-state index contributed by atoms with van der Waals surface area (Å²) in [5.74, 6) is -0.163. The molecule has 3 rings (SSSR count). The Morgan fingerprint density at radius 2 is 1.95 bits per heavy atom. The molecule has 2 fully saturated rings. The van der Waals surface area contributed by atoms with E-state index in [1.165, 1.54) is 6.07 Å². The van der Waals surface area contributed by atoms with Gasteiger partial charge in [-0.15, -0.1) is 0 Å². The molecule has 104 valence electrons. The van der Waals surface area contributed by atoms with Gasteiger partial charge < -0.3 is 5.32 Å². The molecular weight excluding hydrogens is 309 g/mol. The zero-order chi connectivity index (χ0) is 13.2. The second kappa shape index (κ2) is 5.87. The van der Waals surface area contributed by atoms with Crippen LogP contribution in [0, 0.1) is 5.82 Å². The van der Waals surface area contributed by atoms with Gasteiger partial charge in [0.05, 0.1) is 0 Å². The SMILES string of the molecule is Fc1cc(Br)cc(CN2CC(N3CCNCC3)C2)c1. The average molecular weight is 328 g/mol. The van der Waals surface area contributed by atoms with Gasteiger partial charge >= 0.3 is 0 Å².